The van der Waals surface area contributed by atoms with Crippen LogP contribution in [0.1, 0.15) is 46.1 Å². The van der Waals surface area contributed by atoms with Gasteiger partial charge in [0.25, 0.3) is 0 Å². The molecule has 1 aliphatic carbocycles. The molecule has 2 unspecified atom stereocenters. The highest BCUT2D eigenvalue weighted by atomic mass is 16.6. The zero-order chi connectivity index (χ0) is 26.8. The third kappa shape index (κ3) is 5.96. The Balaban J connectivity index is 1.48. The van der Waals surface area contributed by atoms with E-state index in [1.807, 2.05) is 30.3 Å². The van der Waals surface area contributed by atoms with Gasteiger partial charge < -0.3 is 19.5 Å². The summed E-state index contributed by atoms with van der Waals surface area (Å²) in [5.74, 6) is -1.13. The number of nitrogens with zero attached hydrogens (tertiary/aromatic N) is 1. The van der Waals surface area contributed by atoms with E-state index in [1.54, 1.807) is 33.8 Å². The van der Waals surface area contributed by atoms with E-state index < -0.39 is 35.2 Å². The number of nitrogens with one attached hydrogen (secondary N) is 1. The summed E-state index contributed by atoms with van der Waals surface area (Å²) in [5, 5.41) is 5.13. The molecule has 2 fully saturated rings. The Morgan fingerprint density at radius 1 is 1.16 bits per heavy atom. The fourth-order valence-corrected chi connectivity index (χ4v) is 4.80. The predicted molar refractivity (Wildman–Crippen MR) is 140 cm³/mol. The predicted octanol–water partition coefficient (Wildman–Crippen LogP) is 4.36. The van der Waals surface area contributed by atoms with Crippen molar-refractivity contribution < 1.29 is 28.6 Å². The van der Waals surface area contributed by atoms with Gasteiger partial charge in [0, 0.05) is 12.3 Å². The maximum Gasteiger partial charge on any atom is 0.411 e. The molecule has 2 amide bonds. The summed E-state index contributed by atoms with van der Waals surface area (Å²) in [6.45, 7) is 11.6. The van der Waals surface area contributed by atoms with Crippen molar-refractivity contribution in [2.24, 2.45) is 5.92 Å². The number of carbonyl (C=O) groups excluding carboxylic acids is 3. The van der Waals surface area contributed by atoms with Crippen LogP contribution in [-0.4, -0.2) is 59.3 Å². The topological polar surface area (TPSA) is 94.2 Å². The average Bonchev–Trinajstić information content (AvgIpc) is 3.39. The molecular formula is C29H36N2O6. The number of likely N-dealkylation sites (tertiary alicyclic amines) is 1. The minimum absolute atomic E-state index is 0.206. The van der Waals surface area contributed by atoms with Crippen molar-refractivity contribution in [2.75, 3.05) is 13.2 Å². The molecule has 8 nitrogen and oxygen atoms in total. The molecule has 0 aromatic heterocycles. The summed E-state index contributed by atoms with van der Waals surface area (Å²) in [4.78, 5) is 40.6. The Labute approximate surface area is 217 Å². The smallest absolute Gasteiger partial charge is 0.411 e. The number of rotatable bonds is 8. The van der Waals surface area contributed by atoms with Gasteiger partial charge >= 0.3 is 12.1 Å². The van der Waals surface area contributed by atoms with Crippen LogP contribution < -0.4 is 5.32 Å². The second-order valence-corrected chi connectivity index (χ2v) is 10.7. The van der Waals surface area contributed by atoms with Crippen LogP contribution in [0, 0.1) is 5.92 Å². The third-order valence-electron chi connectivity index (χ3n) is 6.78. The van der Waals surface area contributed by atoms with Gasteiger partial charge in [-0.05, 0) is 56.5 Å². The van der Waals surface area contributed by atoms with E-state index in [9.17, 15) is 14.4 Å². The summed E-state index contributed by atoms with van der Waals surface area (Å²) in [6.07, 6.45) is 1.39. The van der Waals surface area contributed by atoms with Gasteiger partial charge in [-0.1, -0.05) is 42.5 Å². The molecule has 4 rings (SSSR count). The maximum atomic E-state index is 13.5. The first-order valence-corrected chi connectivity index (χ1v) is 12.8. The molecule has 0 spiro atoms. The molecule has 37 heavy (non-hydrogen) atoms. The molecule has 2 aliphatic rings. The van der Waals surface area contributed by atoms with Crippen molar-refractivity contribution in [1.29, 1.82) is 0 Å². The fourth-order valence-electron chi connectivity index (χ4n) is 4.80. The SMILES string of the molecule is C=CC1CC1(NC(=O)[C@@H]1C[C@@H](OCc2ccc3ccccc3c2)CN1C(=O)OC(C)(C)C)C(=O)OCC. The van der Waals surface area contributed by atoms with Crippen molar-refractivity contribution in [3.63, 3.8) is 0 Å². The molecule has 8 heteroatoms. The number of carbonyl (C=O) groups is 3. The molecule has 198 valence electrons. The highest BCUT2D eigenvalue weighted by Gasteiger charge is 2.62. The van der Waals surface area contributed by atoms with E-state index in [0.29, 0.717) is 13.0 Å². The molecule has 1 aliphatic heterocycles. The van der Waals surface area contributed by atoms with Crippen LogP contribution in [0.3, 0.4) is 0 Å². The molecule has 0 bridgehead atoms. The molecule has 1 N–H and O–H groups in total. The number of hydrogen-bond acceptors (Lipinski definition) is 6. The average molecular weight is 509 g/mol. The van der Waals surface area contributed by atoms with E-state index in [4.69, 9.17) is 14.2 Å². The van der Waals surface area contributed by atoms with Crippen LogP contribution in [0.2, 0.25) is 0 Å². The first-order chi connectivity index (χ1) is 17.6. The Hall–Kier alpha value is -3.39. The summed E-state index contributed by atoms with van der Waals surface area (Å²) >= 11 is 0. The summed E-state index contributed by atoms with van der Waals surface area (Å²) in [7, 11) is 0. The van der Waals surface area contributed by atoms with E-state index in [-0.39, 0.29) is 31.6 Å². The van der Waals surface area contributed by atoms with Crippen LogP contribution in [0.25, 0.3) is 10.8 Å². The molecule has 0 radical (unpaired) electrons. The minimum Gasteiger partial charge on any atom is -0.464 e. The highest BCUT2D eigenvalue weighted by molar-refractivity contribution is 5.95. The summed E-state index contributed by atoms with van der Waals surface area (Å²) in [6, 6.07) is 13.4. The largest absolute Gasteiger partial charge is 0.464 e. The number of hydrogen-bond donors (Lipinski definition) is 1. The maximum absolute atomic E-state index is 13.5. The van der Waals surface area contributed by atoms with Crippen molar-refractivity contribution in [1.82, 2.24) is 10.2 Å². The lowest BCUT2D eigenvalue weighted by atomic mass is 10.1. The van der Waals surface area contributed by atoms with Crippen LogP contribution in [0.5, 0.6) is 0 Å². The normalized spacial score (nSPS) is 25.0. The molecule has 1 heterocycles. The summed E-state index contributed by atoms with van der Waals surface area (Å²) < 4.78 is 17.0. The van der Waals surface area contributed by atoms with E-state index in [2.05, 4.69) is 24.0 Å². The third-order valence-corrected chi connectivity index (χ3v) is 6.78. The van der Waals surface area contributed by atoms with Gasteiger partial charge in [0.05, 0.1) is 25.9 Å². The Morgan fingerprint density at radius 2 is 1.89 bits per heavy atom. The first-order valence-electron chi connectivity index (χ1n) is 12.8. The van der Waals surface area contributed by atoms with Gasteiger partial charge in [0.1, 0.15) is 17.2 Å². The van der Waals surface area contributed by atoms with Crippen LogP contribution in [-0.2, 0) is 30.4 Å². The lowest BCUT2D eigenvalue weighted by molar-refractivity contribution is -0.149. The first kappa shape index (κ1) is 26.7. The molecule has 2 aromatic rings. The van der Waals surface area contributed by atoms with Gasteiger partial charge in [0.15, 0.2) is 0 Å². The quantitative estimate of drug-likeness (QED) is 0.421. The van der Waals surface area contributed by atoms with Crippen LogP contribution in [0.15, 0.2) is 55.1 Å². The molecule has 2 aromatic carbocycles. The van der Waals surface area contributed by atoms with Crippen molar-refractivity contribution in [3.05, 3.63) is 60.7 Å². The lowest BCUT2D eigenvalue weighted by Gasteiger charge is -2.29. The highest BCUT2D eigenvalue weighted by Crippen LogP contribution is 2.45. The second kappa shape index (κ2) is 10.5. The molecule has 1 saturated heterocycles. The van der Waals surface area contributed by atoms with Gasteiger partial charge in [-0.3, -0.25) is 9.69 Å². The number of benzene rings is 2. The minimum atomic E-state index is -1.14. The van der Waals surface area contributed by atoms with Gasteiger partial charge in [-0.15, -0.1) is 6.58 Å². The number of ether oxygens (including phenoxy) is 3. The van der Waals surface area contributed by atoms with Crippen molar-refractivity contribution >= 4 is 28.7 Å². The van der Waals surface area contributed by atoms with E-state index >= 15 is 0 Å². The van der Waals surface area contributed by atoms with E-state index in [1.165, 1.54) is 4.90 Å². The van der Waals surface area contributed by atoms with Gasteiger partial charge in [-0.2, -0.15) is 0 Å². The number of fused-ring (bicyclic) bond motifs is 1. The zero-order valence-electron chi connectivity index (χ0n) is 22.0. The van der Waals surface area contributed by atoms with Crippen LogP contribution >= 0.6 is 0 Å². The Kier molecular flexibility index (Phi) is 7.59. The molecule has 1 saturated carbocycles. The van der Waals surface area contributed by atoms with Crippen molar-refractivity contribution in [3.8, 4) is 0 Å². The Morgan fingerprint density at radius 3 is 2.54 bits per heavy atom. The standard InChI is InChI=1S/C29H36N2O6/c1-6-22-16-29(22,26(33)35-7-2)30-25(32)24-15-23(17-31(24)27(34)37-28(3,4)5)36-18-19-12-13-20-10-8-9-11-21(20)14-19/h6,8-14,22-24H,1,7,15-18H2,2-5H3,(H,30,32)/t22?,23-,24+,29?/m1/s1. The molecular weight excluding hydrogens is 472 g/mol. The Bertz CT molecular complexity index is 1190. The van der Waals surface area contributed by atoms with Crippen molar-refractivity contribution in [2.45, 2.75) is 70.4 Å². The van der Waals surface area contributed by atoms with Crippen LogP contribution in [0.4, 0.5) is 4.79 Å². The number of amides is 2. The lowest BCUT2D eigenvalue weighted by Crippen LogP contribution is -2.53. The molecule has 4 atom stereocenters. The number of esters is 1. The fraction of sp³-hybridized carbons (Fsp3) is 0.483. The zero-order valence-corrected chi connectivity index (χ0v) is 22.0. The second-order valence-electron chi connectivity index (χ2n) is 10.7. The summed E-state index contributed by atoms with van der Waals surface area (Å²) in [5.41, 5.74) is -0.861. The van der Waals surface area contributed by atoms with Gasteiger partial charge in [0.2, 0.25) is 5.91 Å². The van der Waals surface area contributed by atoms with E-state index in [0.717, 1.165) is 16.3 Å². The monoisotopic (exact) mass is 508 g/mol. The van der Waals surface area contributed by atoms with Gasteiger partial charge in [-0.25, -0.2) is 9.59 Å².